The molecule has 1 fully saturated rings. The molecule has 0 amide bonds. The number of aromatic amines is 1. The van der Waals surface area contributed by atoms with E-state index in [2.05, 4.69) is 28.1 Å². The third kappa shape index (κ3) is 5.59. The number of ether oxygens (including phenoxy) is 2. The molecule has 1 aliphatic heterocycles. The van der Waals surface area contributed by atoms with Gasteiger partial charge in [-0.05, 0) is 30.5 Å². The van der Waals surface area contributed by atoms with Gasteiger partial charge in [0.15, 0.2) is 0 Å². The maximum atomic E-state index is 11.9. The summed E-state index contributed by atoms with van der Waals surface area (Å²) in [5, 5.41) is 0. The number of hydrogen-bond donors (Lipinski definition) is 1. The first-order chi connectivity index (χ1) is 14.8. The first kappa shape index (κ1) is 20.4. The van der Waals surface area contributed by atoms with Crippen molar-refractivity contribution in [3.63, 3.8) is 0 Å². The molecule has 2 aromatic carbocycles. The standard InChI is InChI=1S/C25H28N2O3/c28-25-21(10-6-14-26-25)17-27-15-12-23(13-16-27)29-19-22-9-4-5-11-24(22)30-18-20-7-2-1-3-8-20/h1-11,14,23H,12-13,15-19H2,(H,26,28). The molecule has 0 radical (unpaired) electrons. The molecular formula is C25H28N2O3. The molecule has 30 heavy (non-hydrogen) atoms. The smallest absolute Gasteiger partial charge is 0.252 e. The fourth-order valence-corrected chi connectivity index (χ4v) is 3.76. The summed E-state index contributed by atoms with van der Waals surface area (Å²) < 4.78 is 12.2. The first-order valence-corrected chi connectivity index (χ1v) is 10.5. The van der Waals surface area contributed by atoms with Crippen molar-refractivity contribution < 1.29 is 9.47 Å². The van der Waals surface area contributed by atoms with Gasteiger partial charge in [-0.25, -0.2) is 0 Å². The van der Waals surface area contributed by atoms with Gasteiger partial charge in [0, 0.05) is 37.0 Å². The third-order valence-electron chi connectivity index (χ3n) is 5.51. The quantitative estimate of drug-likeness (QED) is 0.613. The van der Waals surface area contributed by atoms with Crippen LogP contribution in [0.15, 0.2) is 77.7 Å². The molecule has 2 heterocycles. The molecule has 3 aromatic rings. The van der Waals surface area contributed by atoms with Gasteiger partial charge in [0.05, 0.1) is 12.7 Å². The lowest BCUT2D eigenvalue weighted by molar-refractivity contribution is -0.00483. The van der Waals surface area contributed by atoms with Crippen LogP contribution in [-0.4, -0.2) is 29.1 Å². The number of benzene rings is 2. The molecular weight excluding hydrogens is 376 g/mol. The SMILES string of the molecule is O=c1[nH]cccc1CN1CCC(OCc2ccccc2OCc2ccccc2)CC1. The third-order valence-corrected chi connectivity index (χ3v) is 5.51. The molecule has 1 N–H and O–H groups in total. The van der Waals surface area contributed by atoms with Crippen LogP contribution < -0.4 is 10.3 Å². The van der Waals surface area contributed by atoms with Crippen LogP contribution in [0.1, 0.15) is 29.5 Å². The van der Waals surface area contributed by atoms with Crippen LogP contribution >= 0.6 is 0 Å². The number of H-pyrrole nitrogens is 1. The van der Waals surface area contributed by atoms with Crippen molar-refractivity contribution in [2.45, 2.75) is 38.7 Å². The summed E-state index contributed by atoms with van der Waals surface area (Å²) in [6.07, 6.45) is 3.85. The predicted molar refractivity (Wildman–Crippen MR) is 117 cm³/mol. The Morgan fingerprint density at radius 1 is 0.867 bits per heavy atom. The Labute approximate surface area is 177 Å². The topological polar surface area (TPSA) is 54.6 Å². The van der Waals surface area contributed by atoms with Crippen LogP contribution in [0, 0.1) is 0 Å². The molecule has 5 nitrogen and oxygen atoms in total. The summed E-state index contributed by atoms with van der Waals surface area (Å²) in [6.45, 7) is 3.66. The number of nitrogens with zero attached hydrogens (tertiary/aromatic N) is 1. The fourth-order valence-electron chi connectivity index (χ4n) is 3.76. The summed E-state index contributed by atoms with van der Waals surface area (Å²) in [5.41, 5.74) is 3.05. The second-order valence-electron chi connectivity index (χ2n) is 7.69. The number of piperidine rings is 1. The zero-order chi connectivity index (χ0) is 20.6. The summed E-state index contributed by atoms with van der Waals surface area (Å²) in [5.74, 6) is 0.877. The number of aromatic nitrogens is 1. The van der Waals surface area contributed by atoms with E-state index >= 15 is 0 Å². The minimum Gasteiger partial charge on any atom is -0.489 e. The molecule has 156 valence electrons. The Bertz CT molecular complexity index is 979. The predicted octanol–water partition coefficient (Wildman–Crippen LogP) is 4.14. The van der Waals surface area contributed by atoms with Crippen LogP contribution in [0.25, 0.3) is 0 Å². The Hall–Kier alpha value is -2.89. The van der Waals surface area contributed by atoms with Gasteiger partial charge < -0.3 is 14.5 Å². The van der Waals surface area contributed by atoms with Crippen molar-refractivity contribution in [2.75, 3.05) is 13.1 Å². The highest BCUT2D eigenvalue weighted by Gasteiger charge is 2.20. The van der Waals surface area contributed by atoms with Crippen molar-refractivity contribution in [1.82, 2.24) is 9.88 Å². The van der Waals surface area contributed by atoms with Crippen LogP contribution in [0.4, 0.5) is 0 Å². The van der Waals surface area contributed by atoms with E-state index in [9.17, 15) is 4.79 Å². The molecule has 5 heteroatoms. The average Bonchev–Trinajstić information content (AvgIpc) is 2.80. The number of pyridine rings is 1. The highest BCUT2D eigenvalue weighted by molar-refractivity contribution is 5.33. The van der Waals surface area contributed by atoms with E-state index in [0.717, 1.165) is 48.4 Å². The van der Waals surface area contributed by atoms with Gasteiger partial charge in [-0.2, -0.15) is 0 Å². The highest BCUT2D eigenvalue weighted by Crippen LogP contribution is 2.23. The lowest BCUT2D eigenvalue weighted by Crippen LogP contribution is -2.37. The average molecular weight is 405 g/mol. The second-order valence-corrected chi connectivity index (χ2v) is 7.69. The summed E-state index contributed by atoms with van der Waals surface area (Å²) in [6, 6.07) is 22.0. The van der Waals surface area contributed by atoms with Gasteiger partial charge in [-0.3, -0.25) is 9.69 Å². The van der Waals surface area contributed by atoms with Crippen LogP contribution in [-0.2, 0) is 24.5 Å². The Morgan fingerprint density at radius 3 is 2.40 bits per heavy atom. The minimum atomic E-state index is 0.00276. The van der Waals surface area contributed by atoms with Crippen LogP contribution in [0.3, 0.4) is 0 Å². The van der Waals surface area contributed by atoms with E-state index < -0.39 is 0 Å². The number of likely N-dealkylation sites (tertiary alicyclic amines) is 1. The highest BCUT2D eigenvalue weighted by atomic mass is 16.5. The zero-order valence-electron chi connectivity index (χ0n) is 17.1. The van der Waals surface area contributed by atoms with Gasteiger partial charge in [0.1, 0.15) is 12.4 Å². The van der Waals surface area contributed by atoms with Crippen molar-refractivity contribution >= 4 is 0 Å². The molecule has 0 aliphatic carbocycles. The van der Waals surface area contributed by atoms with Crippen molar-refractivity contribution in [1.29, 1.82) is 0 Å². The van der Waals surface area contributed by atoms with E-state index in [0.29, 0.717) is 19.8 Å². The minimum absolute atomic E-state index is 0.00276. The fraction of sp³-hybridized carbons (Fsp3) is 0.320. The molecule has 0 bridgehead atoms. The van der Waals surface area contributed by atoms with E-state index in [1.54, 1.807) is 6.20 Å². The molecule has 1 saturated heterocycles. The Morgan fingerprint density at radius 2 is 1.60 bits per heavy atom. The molecule has 0 unspecified atom stereocenters. The monoisotopic (exact) mass is 404 g/mol. The molecule has 0 atom stereocenters. The maximum Gasteiger partial charge on any atom is 0.252 e. The first-order valence-electron chi connectivity index (χ1n) is 10.5. The van der Waals surface area contributed by atoms with E-state index in [1.165, 1.54) is 0 Å². The second kappa shape index (κ2) is 10.2. The van der Waals surface area contributed by atoms with E-state index in [1.807, 2.05) is 48.5 Å². The maximum absolute atomic E-state index is 11.9. The molecule has 4 rings (SSSR count). The van der Waals surface area contributed by atoms with Crippen molar-refractivity contribution in [3.05, 3.63) is 100.0 Å². The lowest BCUT2D eigenvalue weighted by atomic mass is 10.1. The summed E-state index contributed by atoms with van der Waals surface area (Å²) >= 11 is 0. The normalized spacial score (nSPS) is 15.2. The lowest BCUT2D eigenvalue weighted by Gasteiger charge is -2.31. The van der Waals surface area contributed by atoms with Gasteiger partial charge >= 0.3 is 0 Å². The van der Waals surface area contributed by atoms with Crippen molar-refractivity contribution in [2.24, 2.45) is 0 Å². The van der Waals surface area contributed by atoms with Gasteiger partial charge in [0.25, 0.3) is 5.56 Å². The van der Waals surface area contributed by atoms with Gasteiger partial charge in [0.2, 0.25) is 0 Å². The van der Waals surface area contributed by atoms with Gasteiger partial charge in [-0.15, -0.1) is 0 Å². The number of hydrogen-bond acceptors (Lipinski definition) is 4. The molecule has 1 aromatic heterocycles. The number of para-hydroxylation sites is 1. The largest absolute Gasteiger partial charge is 0.489 e. The molecule has 0 spiro atoms. The molecule has 1 aliphatic rings. The van der Waals surface area contributed by atoms with Crippen LogP contribution in [0.5, 0.6) is 5.75 Å². The number of rotatable bonds is 8. The molecule has 0 saturated carbocycles. The van der Waals surface area contributed by atoms with Crippen LogP contribution in [0.2, 0.25) is 0 Å². The Balaban J connectivity index is 1.26. The Kier molecular flexibility index (Phi) is 6.95. The summed E-state index contributed by atoms with van der Waals surface area (Å²) in [4.78, 5) is 16.9. The summed E-state index contributed by atoms with van der Waals surface area (Å²) in [7, 11) is 0. The van der Waals surface area contributed by atoms with Crippen molar-refractivity contribution in [3.8, 4) is 5.75 Å². The van der Waals surface area contributed by atoms with Gasteiger partial charge in [-0.1, -0.05) is 54.6 Å². The zero-order valence-corrected chi connectivity index (χ0v) is 17.1. The van der Waals surface area contributed by atoms with E-state index in [4.69, 9.17) is 9.47 Å². The number of nitrogens with one attached hydrogen (secondary N) is 1. The van der Waals surface area contributed by atoms with E-state index in [-0.39, 0.29) is 11.7 Å².